The molecule has 2 aromatic rings. The van der Waals surface area contributed by atoms with Crippen LogP contribution in [0.1, 0.15) is 31.9 Å². The fraction of sp³-hybridized carbons (Fsp3) is 0.435. The van der Waals surface area contributed by atoms with Gasteiger partial charge < -0.3 is 14.5 Å². The molecule has 7 heteroatoms. The van der Waals surface area contributed by atoms with E-state index in [0.717, 1.165) is 29.1 Å². The first kappa shape index (κ1) is 20.6. The first-order valence-electron chi connectivity index (χ1n) is 9.98. The molecule has 0 aromatic heterocycles. The smallest absolute Gasteiger partial charge is 0.416 e. The average Bonchev–Trinajstić information content (AvgIpc) is 2.56. The van der Waals surface area contributed by atoms with Crippen LogP contribution in [0.3, 0.4) is 0 Å². The third-order valence-corrected chi connectivity index (χ3v) is 5.68. The highest BCUT2D eigenvalue weighted by molar-refractivity contribution is 5.82. The van der Waals surface area contributed by atoms with Crippen molar-refractivity contribution in [2.75, 3.05) is 29.4 Å². The minimum absolute atomic E-state index is 0.0674. The summed E-state index contributed by atoms with van der Waals surface area (Å²) in [6.45, 7) is 9.24. The fourth-order valence-electron chi connectivity index (χ4n) is 4.05. The molecule has 0 bridgehead atoms. The molecule has 30 heavy (non-hydrogen) atoms. The molecule has 0 saturated carbocycles. The van der Waals surface area contributed by atoms with Crippen molar-refractivity contribution in [3.63, 3.8) is 0 Å². The molecule has 0 atom stereocenters. The summed E-state index contributed by atoms with van der Waals surface area (Å²) in [7, 11) is 0. The van der Waals surface area contributed by atoms with Gasteiger partial charge in [0.25, 0.3) is 0 Å². The minimum Gasteiger partial charge on any atom is -0.484 e. The predicted octanol–water partition coefficient (Wildman–Crippen LogP) is 5.35. The molecule has 160 valence electrons. The third-order valence-electron chi connectivity index (χ3n) is 5.68. The number of hydrogen-bond acceptors (Lipinski definition) is 4. The molecule has 2 heterocycles. The Balaban J connectivity index is 1.71. The van der Waals surface area contributed by atoms with Crippen molar-refractivity contribution in [3.05, 3.63) is 47.5 Å². The highest BCUT2D eigenvalue weighted by atomic mass is 19.4. The number of ether oxygens (including phenoxy) is 1. The summed E-state index contributed by atoms with van der Waals surface area (Å²) in [4.78, 5) is 15.7. The van der Waals surface area contributed by atoms with Crippen LogP contribution in [0.5, 0.6) is 5.75 Å². The molecule has 1 fully saturated rings. The van der Waals surface area contributed by atoms with Crippen LogP contribution >= 0.6 is 0 Å². The van der Waals surface area contributed by atoms with Crippen molar-refractivity contribution in [1.29, 1.82) is 0 Å². The Labute approximate surface area is 174 Å². The Morgan fingerprint density at radius 3 is 2.40 bits per heavy atom. The first-order valence-corrected chi connectivity index (χ1v) is 9.98. The lowest BCUT2D eigenvalue weighted by Gasteiger charge is -2.43. The van der Waals surface area contributed by atoms with E-state index in [1.165, 1.54) is 6.07 Å². The van der Waals surface area contributed by atoms with Gasteiger partial charge in [0.2, 0.25) is 0 Å². The van der Waals surface area contributed by atoms with Gasteiger partial charge in [-0.2, -0.15) is 13.2 Å². The van der Waals surface area contributed by atoms with Gasteiger partial charge >= 0.3 is 6.18 Å². The van der Waals surface area contributed by atoms with Crippen LogP contribution in [0.2, 0.25) is 0 Å². The Kier molecular flexibility index (Phi) is 4.75. The van der Waals surface area contributed by atoms with E-state index in [2.05, 4.69) is 11.0 Å². The Morgan fingerprint density at radius 1 is 1.10 bits per heavy atom. The molecule has 0 radical (unpaired) electrons. The van der Waals surface area contributed by atoms with E-state index in [4.69, 9.17) is 4.74 Å². The number of hydrogen-bond donors (Lipinski definition) is 0. The molecule has 0 amide bonds. The summed E-state index contributed by atoms with van der Waals surface area (Å²) < 4.78 is 45.5. The zero-order chi connectivity index (χ0) is 21.8. The lowest BCUT2D eigenvalue weighted by Crippen LogP contribution is -2.50. The zero-order valence-corrected chi connectivity index (χ0v) is 17.5. The third kappa shape index (κ3) is 3.85. The summed E-state index contributed by atoms with van der Waals surface area (Å²) in [6, 6.07) is 9.77. The topological polar surface area (TPSA) is 32.8 Å². The molecular weight excluding hydrogens is 393 g/mol. The molecule has 0 N–H and O–H groups in total. The van der Waals surface area contributed by atoms with Crippen molar-refractivity contribution in [2.24, 2.45) is 5.92 Å². The number of aryl methyl sites for hydroxylation is 1. The number of anilines is 3. The molecule has 4 rings (SSSR count). The summed E-state index contributed by atoms with van der Waals surface area (Å²) in [6.07, 6.45) is -4.42. The van der Waals surface area contributed by atoms with Gasteiger partial charge in [0.15, 0.2) is 0 Å². The normalized spacial score (nSPS) is 18.5. The number of ketones is 1. The Morgan fingerprint density at radius 2 is 1.77 bits per heavy atom. The second-order valence-corrected chi connectivity index (χ2v) is 8.87. The van der Waals surface area contributed by atoms with Crippen LogP contribution in [0.4, 0.5) is 30.2 Å². The van der Waals surface area contributed by atoms with Gasteiger partial charge in [0.1, 0.15) is 17.1 Å². The SMILES string of the molecule is CC(=O)C1CN(c2cc(C)cc(N3CC(C)(C)Oc4cc(C(F)(F)F)ccc43)c2)C1. The van der Waals surface area contributed by atoms with Crippen molar-refractivity contribution in [1.82, 2.24) is 0 Å². The second kappa shape index (κ2) is 6.93. The van der Waals surface area contributed by atoms with E-state index in [-0.39, 0.29) is 17.5 Å². The van der Waals surface area contributed by atoms with Gasteiger partial charge in [-0.1, -0.05) is 0 Å². The van der Waals surface area contributed by atoms with Crippen LogP contribution in [-0.2, 0) is 11.0 Å². The highest BCUT2D eigenvalue weighted by Crippen LogP contribution is 2.45. The molecule has 0 unspecified atom stereocenters. The van der Waals surface area contributed by atoms with Gasteiger partial charge in [0.05, 0.1) is 23.7 Å². The summed E-state index contributed by atoms with van der Waals surface area (Å²) in [5.41, 5.74) is 2.20. The summed E-state index contributed by atoms with van der Waals surface area (Å²) >= 11 is 0. The standard InChI is InChI=1S/C23H25F3N2O2/c1-14-7-18(27-11-16(12-27)15(2)29)10-19(8-14)28-13-22(3,4)30-21-9-17(23(24,25)26)5-6-20(21)28/h5-10,16H,11-13H2,1-4H3. The first-order chi connectivity index (χ1) is 13.9. The number of nitrogens with zero attached hydrogens (tertiary/aromatic N) is 2. The molecule has 1 saturated heterocycles. The lowest BCUT2D eigenvalue weighted by atomic mass is 9.95. The molecule has 4 nitrogen and oxygen atoms in total. The Bertz CT molecular complexity index is 994. The van der Waals surface area contributed by atoms with E-state index >= 15 is 0 Å². The minimum atomic E-state index is -4.42. The number of halogens is 3. The number of Topliss-reactive ketones (excluding diaryl/α,β-unsaturated/α-hetero) is 1. The van der Waals surface area contributed by atoms with Crippen LogP contribution in [0.15, 0.2) is 36.4 Å². The molecule has 0 spiro atoms. The van der Waals surface area contributed by atoms with Crippen molar-refractivity contribution in [3.8, 4) is 5.75 Å². The molecule has 2 aliphatic heterocycles. The van der Waals surface area contributed by atoms with Gasteiger partial charge in [-0.15, -0.1) is 0 Å². The van der Waals surface area contributed by atoms with E-state index < -0.39 is 17.3 Å². The summed E-state index contributed by atoms with van der Waals surface area (Å²) in [5.74, 6) is 0.492. The van der Waals surface area contributed by atoms with Crippen molar-refractivity contribution < 1.29 is 22.7 Å². The maximum absolute atomic E-state index is 13.2. The zero-order valence-electron chi connectivity index (χ0n) is 17.5. The number of rotatable bonds is 3. The van der Waals surface area contributed by atoms with Crippen LogP contribution in [0, 0.1) is 12.8 Å². The second-order valence-electron chi connectivity index (χ2n) is 8.87. The maximum Gasteiger partial charge on any atom is 0.416 e. The molecule has 0 aliphatic carbocycles. The van der Waals surface area contributed by atoms with Crippen molar-refractivity contribution in [2.45, 2.75) is 39.5 Å². The summed E-state index contributed by atoms with van der Waals surface area (Å²) in [5, 5.41) is 0. The van der Waals surface area contributed by atoms with Gasteiger partial charge in [0, 0.05) is 24.5 Å². The predicted molar refractivity (Wildman–Crippen MR) is 111 cm³/mol. The van der Waals surface area contributed by atoms with E-state index in [1.807, 2.05) is 37.8 Å². The Hall–Kier alpha value is -2.70. The number of benzene rings is 2. The molecular formula is C23H25F3N2O2. The van der Waals surface area contributed by atoms with E-state index in [0.29, 0.717) is 25.3 Å². The lowest BCUT2D eigenvalue weighted by molar-refractivity contribution is -0.137. The number of alkyl halides is 3. The van der Waals surface area contributed by atoms with Crippen molar-refractivity contribution >= 4 is 22.8 Å². The van der Waals surface area contributed by atoms with Gasteiger partial charge in [-0.25, -0.2) is 0 Å². The maximum atomic E-state index is 13.2. The number of carbonyl (C=O) groups excluding carboxylic acids is 1. The van der Waals surface area contributed by atoms with Gasteiger partial charge in [-0.3, -0.25) is 4.79 Å². The largest absolute Gasteiger partial charge is 0.484 e. The number of carbonyl (C=O) groups is 1. The van der Waals surface area contributed by atoms with E-state index in [1.54, 1.807) is 6.92 Å². The highest BCUT2D eigenvalue weighted by Gasteiger charge is 2.37. The molecule has 2 aromatic carbocycles. The monoisotopic (exact) mass is 418 g/mol. The quantitative estimate of drug-likeness (QED) is 0.673. The van der Waals surface area contributed by atoms with Gasteiger partial charge in [-0.05, 0) is 69.7 Å². The molecule has 2 aliphatic rings. The number of fused-ring (bicyclic) bond motifs is 1. The van der Waals surface area contributed by atoms with Crippen LogP contribution < -0.4 is 14.5 Å². The van der Waals surface area contributed by atoms with Crippen LogP contribution in [0.25, 0.3) is 0 Å². The van der Waals surface area contributed by atoms with Crippen LogP contribution in [-0.4, -0.2) is 31.0 Å². The average molecular weight is 418 g/mol. The van der Waals surface area contributed by atoms with E-state index in [9.17, 15) is 18.0 Å². The fourth-order valence-corrected chi connectivity index (χ4v) is 4.05.